The summed E-state index contributed by atoms with van der Waals surface area (Å²) in [6.45, 7) is 0. The van der Waals surface area contributed by atoms with Gasteiger partial charge in [-0.05, 0) is 54.7 Å². The molecule has 0 saturated heterocycles. The summed E-state index contributed by atoms with van der Waals surface area (Å²) in [6.07, 6.45) is 1.27. The summed E-state index contributed by atoms with van der Waals surface area (Å²) in [5, 5.41) is 10.3. The first-order chi connectivity index (χ1) is 11.7. The second-order valence-electron chi connectivity index (χ2n) is 5.00. The minimum absolute atomic E-state index is 0.246. The fraction of sp³-hybridized carbons (Fsp3) is 0. The van der Waals surface area contributed by atoms with Crippen LogP contribution < -0.4 is 5.32 Å². The molecule has 2 N–H and O–H groups in total. The van der Waals surface area contributed by atoms with Gasteiger partial charge < -0.3 is 19.1 Å². The Kier molecular flexibility index (Phi) is 3.43. The zero-order valence-electron chi connectivity index (χ0n) is 12.1. The molecular weight excluding hydrogens is 328 g/mol. The van der Waals surface area contributed by atoms with Crippen LogP contribution in [0.5, 0.6) is 0 Å². The highest BCUT2D eigenvalue weighted by Crippen LogP contribution is 2.20. The number of H-pyrrole nitrogens is 1. The number of oxazole rings is 1. The maximum atomic E-state index is 12.3. The van der Waals surface area contributed by atoms with E-state index < -0.39 is 0 Å². The molecule has 2 heterocycles. The van der Waals surface area contributed by atoms with E-state index in [1.54, 1.807) is 42.5 Å². The van der Waals surface area contributed by atoms with E-state index in [0.29, 0.717) is 22.7 Å². The number of amides is 1. The van der Waals surface area contributed by atoms with Crippen molar-refractivity contribution >= 4 is 34.9 Å². The Morgan fingerprint density at radius 2 is 2.00 bits per heavy atom. The maximum Gasteiger partial charge on any atom is 0.266 e. The monoisotopic (exact) mass is 338 g/mol. The fourth-order valence-electron chi connectivity index (χ4n) is 2.28. The van der Waals surface area contributed by atoms with Gasteiger partial charge in [0.2, 0.25) is 12.3 Å². The van der Waals surface area contributed by atoms with E-state index in [-0.39, 0.29) is 10.7 Å². The zero-order valence-corrected chi connectivity index (χ0v) is 13.0. The highest BCUT2D eigenvalue weighted by molar-refractivity contribution is 7.71. The summed E-state index contributed by atoms with van der Waals surface area (Å²) >= 11 is 4.93. The highest BCUT2D eigenvalue weighted by atomic mass is 32.1. The van der Waals surface area contributed by atoms with Crippen LogP contribution in [0, 0.1) is 4.84 Å². The predicted octanol–water partition coefficient (Wildman–Crippen LogP) is 3.79. The van der Waals surface area contributed by atoms with Crippen LogP contribution in [0.4, 0.5) is 5.69 Å². The SMILES string of the molecule is O=C(Nc1ccc(-c2nnco2)cc1)c1ccc2[nH]c(=S)oc2c1. The minimum atomic E-state index is -0.246. The molecule has 0 fully saturated rings. The Bertz CT molecular complexity index is 1060. The van der Waals surface area contributed by atoms with E-state index in [1.165, 1.54) is 6.39 Å². The van der Waals surface area contributed by atoms with Gasteiger partial charge in [0.1, 0.15) is 0 Å². The molecule has 2 aromatic carbocycles. The van der Waals surface area contributed by atoms with Gasteiger partial charge in [-0.3, -0.25) is 4.79 Å². The Balaban J connectivity index is 1.55. The lowest BCUT2D eigenvalue weighted by atomic mass is 10.1. The topological polar surface area (TPSA) is 97.0 Å². The first kappa shape index (κ1) is 14.3. The number of hydrogen-bond donors (Lipinski definition) is 2. The minimum Gasteiger partial charge on any atom is -0.429 e. The van der Waals surface area contributed by atoms with Gasteiger partial charge in [0.25, 0.3) is 10.7 Å². The van der Waals surface area contributed by atoms with E-state index in [2.05, 4.69) is 20.5 Å². The van der Waals surface area contributed by atoms with Gasteiger partial charge in [0.05, 0.1) is 5.52 Å². The molecule has 0 saturated carbocycles. The van der Waals surface area contributed by atoms with Crippen LogP contribution in [-0.2, 0) is 0 Å². The van der Waals surface area contributed by atoms with Crippen LogP contribution >= 0.6 is 12.2 Å². The quantitative estimate of drug-likeness (QED) is 0.552. The molecule has 24 heavy (non-hydrogen) atoms. The van der Waals surface area contributed by atoms with Crippen molar-refractivity contribution < 1.29 is 13.6 Å². The average molecular weight is 338 g/mol. The van der Waals surface area contributed by atoms with Crippen molar-refractivity contribution in [2.75, 3.05) is 5.32 Å². The largest absolute Gasteiger partial charge is 0.429 e. The molecule has 4 rings (SSSR count). The van der Waals surface area contributed by atoms with Crippen LogP contribution in [0.3, 0.4) is 0 Å². The van der Waals surface area contributed by atoms with Crippen molar-refractivity contribution in [3.63, 3.8) is 0 Å². The van der Waals surface area contributed by atoms with Gasteiger partial charge in [0, 0.05) is 16.8 Å². The third-order valence-electron chi connectivity index (χ3n) is 3.43. The lowest BCUT2D eigenvalue weighted by Crippen LogP contribution is -2.11. The molecule has 7 nitrogen and oxygen atoms in total. The Morgan fingerprint density at radius 1 is 1.17 bits per heavy atom. The smallest absolute Gasteiger partial charge is 0.266 e. The number of hydrogen-bond acceptors (Lipinski definition) is 6. The molecule has 0 aliphatic carbocycles. The molecule has 8 heteroatoms. The molecule has 4 aromatic rings. The van der Waals surface area contributed by atoms with Crippen LogP contribution in [0.2, 0.25) is 0 Å². The lowest BCUT2D eigenvalue weighted by molar-refractivity contribution is 0.102. The second kappa shape index (κ2) is 5.74. The van der Waals surface area contributed by atoms with E-state index >= 15 is 0 Å². The Hall–Kier alpha value is -3.26. The van der Waals surface area contributed by atoms with Crippen LogP contribution in [-0.4, -0.2) is 21.1 Å². The van der Waals surface area contributed by atoms with E-state index in [1.807, 2.05) is 0 Å². The third kappa shape index (κ3) is 2.70. The van der Waals surface area contributed by atoms with Gasteiger partial charge in [0.15, 0.2) is 5.58 Å². The molecule has 0 aliphatic rings. The molecule has 0 atom stereocenters. The van der Waals surface area contributed by atoms with E-state index in [4.69, 9.17) is 21.1 Å². The van der Waals surface area contributed by atoms with Gasteiger partial charge in [-0.25, -0.2) is 0 Å². The van der Waals surface area contributed by atoms with Crippen LogP contribution in [0.1, 0.15) is 10.4 Å². The number of aromatic nitrogens is 3. The number of aromatic amines is 1. The maximum absolute atomic E-state index is 12.3. The van der Waals surface area contributed by atoms with E-state index in [9.17, 15) is 4.79 Å². The number of carbonyl (C=O) groups is 1. The molecule has 1 amide bonds. The fourth-order valence-corrected chi connectivity index (χ4v) is 2.48. The first-order valence-electron chi connectivity index (χ1n) is 7.00. The predicted molar refractivity (Wildman–Crippen MR) is 89.1 cm³/mol. The molecule has 0 radical (unpaired) electrons. The number of anilines is 1. The Labute approximate surface area is 140 Å². The standard InChI is InChI=1S/C16H10N4O3S/c21-14(10-3-6-12-13(7-10)23-16(24)19-12)18-11-4-1-9(2-5-11)15-20-17-8-22-15/h1-8H,(H,18,21)(H,19,24). The number of benzene rings is 2. The number of fused-ring (bicyclic) bond motifs is 1. The molecule has 0 aliphatic heterocycles. The summed E-state index contributed by atoms with van der Waals surface area (Å²) in [7, 11) is 0. The lowest BCUT2D eigenvalue weighted by Gasteiger charge is -2.05. The number of rotatable bonds is 3. The summed E-state index contributed by atoms with van der Waals surface area (Å²) in [6, 6.07) is 12.2. The number of nitrogens with one attached hydrogen (secondary N) is 2. The molecule has 118 valence electrons. The summed E-state index contributed by atoms with van der Waals surface area (Å²) in [5.41, 5.74) is 3.19. The molecule has 2 aromatic heterocycles. The van der Waals surface area contributed by atoms with Gasteiger partial charge in [-0.15, -0.1) is 10.2 Å². The van der Waals surface area contributed by atoms with Gasteiger partial charge >= 0.3 is 0 Å². The zero-order chi connectivity index (χ0) is 16.5. The molecule has 0 bridgehead atoms. The van der Waals surface area contributed by atoms with Crippen molar-refractivity contribution in [3.05, 3.63) is 59.3 Å². The van der Waals surface area contributed by atoms with Crippen molar-refractivity contribution in [1.82, 2.24) is 15.2 Å². The highest BCUT2D eigenvalue weighted by Gasteiger charge is 2.10. The van der Waals surface area contributed by atoms with Crippen LogP contribution in [0.25, 0.3) is 22.6 Å². The summed E-state index contributed by atoms with van der Waals surface area (Å²) in [5.74, 6) is 0.178. The van der Waals surface area contributed by atoms with E-state index in [0.717, 1.165) is 11.1 Å². The second-order valence-corrected chi connectivity index (χ2v) is 5.37. The third-order valence-corrected chi connectivity index (χ3v) is 3.62. The Morgan fingerprint density at radius 3 is 2.75 bits per heavy atom. The van der Waals surface area contributed by atoms with Crippen molar-refractivity contribution in [2.45, 2.75) is 0 Å². The molecular formula is C16H10N4O3S. The van der Waals surface area contributed by atoms with Crippen molar-refractivity contribution in [2.24, 2.45) is 0 Å². The first-order valence-corrected chi connectivity index (χ1v) is 7.41. The molecule has 0 spiro atoms. The number of nitrogens with zero attached hydrogens (tertiary/aromatic N) is 2. The normalized spacial score (nSPS) is 10.8. The summed E-state index contributed by atoms with van der Waals surface area (Å²) in [4.78, 5) is 15.5. The van der Waals surface area contributed by atoms with Crippen LogP contribution in [0.15, 0.2) is 57.7 Å². The van der Waals surface area contributed by atoms with Crippen molar-refractivity contribution in [3.8, 4) is 11.5 Å². The van der Waals surface area contributed by atoms with Gasteiger partial charge in [-0.2, -0.15) is 0 Å². The van der Waals surface area contributed by atoms with Gasteiger partial charge in [-0.1, -0.05) is 0 Å². The van der Waals surface area contributed by atoms with Crippen molar-refractivity contribution in [1.29, 1.82) is 0 Å². The average Bonchev–Trinajstić information content (AvgIpc) is 3.23. The summed E-state index contributed by atoms with van der Waals surface area (Å²) < 4.78 is 10.4. The molecule has 0 unspecified atom stereocenters. The number of carbonyl (C=O) groups excluding carboxylic acids is 1.